The number of hydrogen-bond donors (Lipinski definition) is 0. The molecule has 0 radical (unpaired) electrons. The Bertz CT molecular complexity index is 854. The van der Waals surface area contributed by atoms with Gasteiger partial charge in [-0.15, -0.1) is 0 Å². The number of piperidine rings is 1. The lowest BCUT2D eigenvalue weighted by Crippen LogP contribution is -2.43. The van der Waals surface area contributed by atoms with Gasteiger partial charge in [0.05, 0.1) is 0 Å². The first-order valence-electron chi connectivity index (χ1n) is 8.58. The zero-order chi connectivity index (χ0) is 15.4. The third-order valence-corrected chi connectivity index (χ3v) is 5.72. The first kappa shape index (κ1) is 13.4. The van der Waals surface area contributed by atoms with Crippen molar-refractivity contribution >= 4 is 21.9 Å². The highest BCUT2D eigenvalue weighted by molar-refractivity contribution is 6.06. The summed E-state index contributed by atoms with van der Waals surface area (Å²) in [7, 11) is 2.26. The quantitative estimate of drug-likeness (QED) is 0.692. The van der Waals surface area contributed by atoms with Crippen molar-refractivity contribution in [2.45, 2.75) is 43.9 Å². The Hall–Kier alpha value is -2.00. The molecule has 2 atom stereocenters. The van der Waals surface area contributed by atoms with E-state index in [1.807, 2.05) is 18.2 Å². The van der Waals surface area contributed by atoms with E-state index in [4.69, 9.17) is 9.15 Å². The van der Waals surface area contributed by atoms with Gasteiger partial charge < -0.3 is 14.1 Å². The molecule has 118 valence electrons. The highest BCUT2D eigenvalue weighted by atomic mass is 16.5. The topological polar surface area (TPSA) is 25.6 Å². The average molecular weight is 307 g/mol. The van der Waals surface area contributed by atoms with Crippen LogP contribution in [0, 0.1) is 0 Å². The molecule has 3 nitrogen and oxygen atoms in total. The third kappa shape index (κ3) is 2.07. The Morgan fingerprint density at radius 1 is 0.957 bits per heavy atom. The molecule has 0 amide bonds. The van der Waals surface area contributed by atoms with Gasteiger partial charge in [0, 0.05) is 22.9 Å². The average Bonchev–Trinajstić information content (AvgIpc) is 3.02. The number of hydrogen-bond acceptors (Lipinski definition) is 3. The summed E-state index contributed by atoms with van der Waals surface area (Å²) in [6.45, 7) is 0. The van der Waals surface area contributed by atoms with Crippen molar-refractivity contribution in [1.82, 2.24) is 4.90 Å². The summed E-state index contributed by atoms with van der Waals surface area (Å²) in [6.07, 6.45) is 5.20. The number of furan rings is 1. The smallest absolute Gasteiger partial charge is 0.177 e. The summed E-state index contributed by atoms with van der Waals surface area (Å²) in [5, 5.41) is 2.31. The van der Waals surface area contributed by atoms with Crippen LogP contribution in [0.5, 0.6) is 5.75 Å². The first-order chi connectivity index (χ1) is 11.3. The van der Waals surface area contributed by atoms with E-state index in [1.165, 1.54) is 12.8 Å². The van der Waals surface area contributed by atoms with E-state index in [1.54, 1.807) is 0 Å². The molecule has 2 aromatic carbocycles. The fraction of sp³-hybridized carbons (Fsp3) is 0.400. The van der Waals surface area contributed by atoms with Crippen molar-refractivity contribution in [2.24, 2.45) is 0 Å². The number of para-hydroxylation sites is 2. The second-order valence-corrected chi connectivity index (χ2v) is 6.99. The summed E-state index contributed by atoms with van der Waals surface area (Å²) < 4.78 is 12.5. The summed E-state index contributed by atoms with van der Waals surface area (Å²) >= 11 is 0. The zero-order valence-electron chi connectivity index (χ0n) is 13.4. The van der Waals surface area contributed by atoms with Gasteiger partial charge in [-0.2, -0.15) is 0 Å². The van der Waals surface area contributed by atoms with Crippen molar-refractivity contribution < 1.29 is 9.15 Å². The summed E-state index contributed by atoms with van der Waals surface area (Å²) in [6, 6.07) is 15.8. The maximum atomic E-state index is 6.41. The number of rotatable bonds is 2. The van der Waals surface area contributed by atoms with Crippen LogP contribution in [0.15, 0.2) is 46.9 Å². The van der Waals surface area contributed by atoms with Crippen molar-refractivity contribution in [2.75, 3.05) is 7.05 Å². The third-order valence-electron chi connectivity index (χ3n) is 5.72. The van der Waals surface area contributed by atoms with Gasteiger partial charge in [-0.1, -0.05) is 30.3 Å². The van der Waals surface area contributed by atoms with Crippen LogP contribution in [-0.4, -0.2) is 30.1 Å². The van der Waals surface area contributed by atoms with Gasteiger partial charge in [-0.3, -0.25) is 0 Å². The predicted octanol–water partition coefficient (Wildman–Crippen LogP) is 4.59. The second kappa shape index (κ2) is 5.00. The lowest BCUT2D eigenvalue weighted by molar-refractivity contribution is 0.0665. The monoisotopic (exact) mass is 307 g/mol. The van der Waals surface area contributed by atoms with E-state index in [2.05, 4.69) is 36.2 Å². The molecule has 0 spiro atoms. The van der Waals surface area contributed by atoms with E-state index < -0.39 is 0 Å². The highest BCUT2D eigenvalue weighted by Crippen LogP contribution is 2.39. The molecule has 5 rings (SSSR count). The normalized spacial score (nSPS) is 27.8. The molecule has 2 fully saturated rings. The molecule has 3 heteroatoms. The number of fused-ring (bicyclic) bond motifs is 5. The molecule has 2 bridgehead atoms. The Morgan fingerprint density at radius 2 is 1.70 bits per heavy atom. The highest BCUT2D eigenvalue weighted by Gasteiger charge is 2.39. The molecule has 0 aliphatic carbocycles. The van der Waals surface area contributed by atoms with E-state index in [0.29, 0.717) is 18.2 Å². The molecular weight excluding hydrogens is 286 g/mol. The maximum Gasteiger partial charge on any atom is 0.177 e. The van der Waals surface area contributed by atoms with Crippen LogP contribution in [0.1, 0.15) is 25.7 Å². The zero-order valence-corrected chi connectivity index (χ0v) is 13.4. The van der Waals surface area contributed by atoms with Crippen molar-refractivity contribution in [1.29, 1.82) is 0 Å². The summed E-state index contributed by atoms with van der Waals surface area (Å²) in [5.41, 5.74) is 1.82. The van der Waals surface area contributed by atoms with Gasteiger partial charge in [-0.25, -0.2) is 0 Å². The standard InChI is InChI=1S/C20H21NO2/c1-21-13-9-10-14(21)12-15(11-13)22-19-8-4-6-17-16-5-2-3-7-18(16)23-20(17)19/h2-8,13-15H,9-12H2,1H3. The van der Waals surface area contributed by atoms with Gasteiger partial charge in [0.15, 0.2) is 11.3 Å². The fourth-order valence-corrected chi connectivity index (χ4v) is 4.45. The second-order valence-electron chi connectivity index (χ2n) is 6.99. The molecule has 23 heavy (non-hydrogen) atoms. The molecular formula is C20H21NO2. The van der Waals surface area contributed by atoms with Crippen LogP contribution in [0.2, 0.25) is 0 Å². The van der Waals surface area contributed by atoms with Crippen LogP contribution in [0.3, 0.4) is 0 Å². The van der Waals surface area contributed by atoms with Crippen LogP contribution in [0.4, 0.5) is 0 Å². The summed E-state index contributed by atoms with van der Waals surface area (Å²) in [5.74, 6) is 0.896. The fourth-order valence-electron chi connectivity index (χ4n) is 4.45. The van der Waals surface area contributed by atoms with E-state index in [9.17, 15) is 0 Å². The van der Waals surface area contributed by atoms with Crippen LogP contribution in [0.25, 0.3) is 21.9 Å². The lowest BCUT2D eigenvalue weighted by atomic mass is 10.0. The molecule has 3 aromatic rings. The molecule has 2 aliphatic heterocycles. The largest absolute Gasteiger partial charge is 0.486 e. The van der Waals surface area contributed by atoms with Gasteiger partial charge in [0.25, 0.3) is 0 Å². The molecule has 0 saturated carbocycles. The molecule has 2 unspecified atom stereocenters. The molecule has 2 aliphatic rings. The Morgan fingerprint density at radius 3 is 2.52 bits per heavy atom. The molecule has 0 N–H and O–H groups in total. The minimum atomic E-state index is 0.308. The minimum absolute atomic E-state index is 0.308. The maximum absolute atomic E-state index is 6.41. The van der Waals surface area contributed by atoms with Crippen LogP contribution in [-0.2, 0) is 0 Å². The van der Waals surface area contributed by atoms with E-state index >= 15 is 0 Å². The lowest BCUT2D eigenvalue weighted by Gasteiger charge is -2.36. The van der Waals surface area contributed by atoms with Gasteiger partial charge in [0.2, 0.25) is 0 Å². The van der Waals surface area contributed by atoms with Crippen molar-refractivity contribution in [3.05, 3.63) is 42.5 Å². The van der Waals surface area contributed by atoms with E-state index in [0.717, 1.165) is 40.5 Å². The Kier molecular flexibility index (Phi) is 2.92. The predicted molar refractivity (Wildman–Crippen MR) is 91.9 cm³/mol. The van der Waals surface area contributed by atoms with Crippen molar-refractivity contribution in [3.63, 3.8) is 0 Å². The molecule has 3 heterocycles. The molecule has 2 saturated heterocycles. The summed E-state index contributed by atoms with van der Waals surface area (Å²) in [4.78, 5) is 2.54. The SMILES string of the molecule is CN1C2CCC1CC(Oc1cccc3c1oc1ccccc13)C2. The number of nitrogens with zero attached hydrogens (tertiary/aromatic N) is 1. The first-order valence-corrected chi connectivity index (χ1v) is 8.58. The van der Waals surface area contributed by atoms with Crippen molar-refractivity contribution in [3.8, 4) is 5.75 Å². The van der Waals surface area contributed by atoms with Gasteiger partial charge >= 0.3 is 0 Å². The Balaban J connectivity index is 1.51. The Labute approximate surface area is 135 Å². The van der Waals surface area contributed by atoms with Crippen LogP contribution < -0.4 is 4.74 Å². The minimum Gasteiger partial charge on any atom is -0.486 e. The van der Waals surface area contributed by atoms with Gasteiger partial charge in [0.1, 0.15) is 11.7 Å². The molecule has 1 aromatic heterocycles. The number of ether oxygens (including phenoxy) is 1. The van der Waals surface area contributed by atoms with Gasteiger partial charge in [-0.05, 0) is 44.9 Å². The van der Waals surface area contributed by atoms with Crippen LogP contribution >= 0.6 is 0 Å². The number of benzene rings is 2. The van der Waals surface area contributed by atoms with E-state index in [-0.39, 0.29) is 0 Å².